The Bertz CT molecular complexity index is 809. The van der Waals surface area contributed by atoms with Gasteiger partial charge in [0.15, 0.2) is 9.84 Å². The Kier molecular flexibility index (Phi) is 4.71. The first-order chi connectivity index (χ1) is 12.6. The molecule has 1 aromatic rings. The Morgan fingerprint density at radius 1 is 1.07 bits per heavy atom. The molecule has 6 nitrogen and oxygen atoms in total. The van der Waals surface area contributed by atoms with E-state index in [0.717, 1.165) is 11.0 Å². The maximum absolute atomic E-state index is 11.7. The summed E-state index contributed by atoms with van der Waals surface area (Å²) < 4.78 is 41.6. The lowest BCUT2D eigenvalue weighted by Crippen LogP contribution is -2.45. The Balaban J connectivity index is 1.56. The van der Waals surface area contributed by atoms with Crippen LogP contribution in [0.5, 0.6) is 0 Å². The van der Waals surface area contributed by atoms with Gasteiger partial charge in [0.25, 0.3) is 0 Å². The maximum Gasteiger partial charge on any atom is 0.494 e. The van der Waals surface area contributed by atoms with E-state index >= 15 is 0 Å². The molecule has 148 valence electrons. The van der Waals surface area contributed by atoms with Crippen molar-refractivity contribution in [3.8, 4) is 0 Å². The molecule has 1 atom stereocenters. The van der Waals surface area contributed by atoms with Gasteiger partial charge in [0.05, 0.1) is 42.0 Å². The number of nitrogens with zero attached hydrogens (tertiary/aromatic N) is 1. The highest BCUT2D eigenvalue weighted by Gasteiger charge is 2.51. The van der Waals surface area contributed by atoms with E-state index < -0.39 is 9.84 Å². The van der Waals surface area contributed by atoms with Gasteiger partial charge in [0.1, 0.15) is 0 Å². The van der Waals surface area contributed by atoms with Crippen molar-refractivity contribution in [2.45, 2.75) is 51.5 Å². The van der Waals surface area contributed by atoms with E-state index in [4.69, 9.17) is 14.0 Å². The maximum atomic E-state index is 11.7. The molecule has 0 aliphatic carbocycles. The molecule has 27 heavy (non-hydrogen) atoms. The first kappa shape index (κ1) is 19.4. The van der Waals surface area contributed by atoms with E-state index in [1.807, 2.05) is 0 Å². The Hall–Kier alpha value is -0.925. The summed E-state index contributed by atoms with van der Waals surface area (Å²) in [6.45, 7) is 10.5. The van der Waals surface area contributed by atoms with Crippen LogP contribution < -0.4 is 5.46 Å². The standard InChI is InChI=1S/C19H28BNO5S/c1-18(2)19(3,4)26-20(25-18)15-5-6-16-14(11-15)12-24-13-17(16)21-7-9-27(22,23)10-8-21/h5-6,11,17H,7-10,12-13H2,1-4H3. The van der Waals surface area contributed by atoms with Gasteiger partial charge < -0.3 is 14.0 Å². The van der Waals surface area contributed by atoms with Gasteiger partial charge in [-0.05, 0) is 44.3 Å². The van der Waals surface area contributed by atoms with Gasteiger partial charge in [-0.2, -0.15) is 0 Å². The molecule has 0 amide bonds. The minimum Gasteiger partial charge on any atom is -0.399 e. The van der Waals surface area contributed by atoms with Crippen molar-refractivity contribution in [2.24, 2.45) is 0 Å². The molecule has 0 bridgehead atoms. The first-order valence-electron chi connectivity index (χ1n) is 9.59. The topological polar surface area (TPSA) is 65.1 Å². The molecule has 3 aliphatic rings. The molecule has 2 saturated heterocycles. The van der Waals surface area contributed by atoms with Crippen LogP contribution in [0.25, 0.3) is 0 Å². The van der Waals surface area contributed by atoms with Gasteiger partial charge >= 0.3 is 7.12 Å². The summed E-state index contributed by atoms with van der Waals surface area (Å²) >= 11 is 0. The zero-order chi connectivity index (χ0) is 19.4. The largest absolute Gasteiger partial charge is 0.494 e. The third-order valence-electron chi connectivity index (χ3n) is 6.40. The van der Waals surface area contributed by atoms with E-state index in [-0.39, 0.29) is 35.9 Å². The van der Waals surface area contributed by atoms with Crippen molar-refractivity contribution in [3.05, 3.63) is 29.3 Å². The van der Waals surface area contributed by atoms with Gasteiger partial charge in [-0.15, -0.1) is 0 Å². The molecule has 3 heterocycles. The van der Waals surface area contributed by atoms with Crippen LogP contribution in [0.3, 0.4) is 0 Å². The third-order valence-corrected chi connectivity index (χ3v) is 8.01. The molecule has 0 N–H and O–H groups in total. The number of ether oxygens (including phenoxy) is 1. The van der Waals surface area contributed by atoms with E-state index in [2.05, 4.69) is 50.8 Å². The highest BCUT2D eigenvalue weighted by atomic mass is 32.2. The number of benzene rings is 1. The van der Waals surface area contributed by atoms with Gasteiger partial charge in [-0.3, -0.25) is 4.90 Å². The second-order valence-corrected chi connectivity index (χ2v) is 11.1. The number of hydrogen-bond acceptors (Lipinski definition) is 6. The van der Waals surface area contributed by atoms with Crippen LogP contribution in [0, 0.1) is 0 Å². The van der Waals surface area contributed by atoms with Crippen LogP contribution in [0.4, 0.5) is 0 Å². The molecule has 2 fully saturated rings. The average molecular weight is 393 g/mol. The fourth-order valence-corrected chi connectivity index (χ4v) is 5.14. The quantitative estimate of drug-likeness (QED) is 0.706. The van der Waals surface area contributed by atoms with Gasteiger partial charge in [-0.25, -0.2) is 8.42 Å². The van der Waals surface area contributed by atoms with E-state index in [9.17, 15) is 8.42 Å². The summed E-state index contributed by atoms with van der Waals surface area (Å²) in [7, 11) is -3.28. The van der Waals surface area contributed by atoms with Crippen molar-refractivity contribution in [3.63, 3.8) is 0 Å². The van der Waals surface area contributed by atoms with Gasteiger partial charge in [0.2, 0.25) is 0 Å². The Labute approximate surface area is 162 Å². The molecule has 0 spiro atoms. The minimum atomic E-state index is -2.89. The minimum absolute atomic E-state index is 0.108. The molecule has 4 rings (SSSR count). The van der Waals surface area contributed by atoms with Crippen molar-refractivity contribution < 1.29 is 22.5 Å². The lowest BCUT2D eigenvalue weighted by atomic mass is 9.77. The number of rotatable bonds is 2. The highest BCUT2D eigenvalue weighted by molar-refractivity contribution is 7.91. The van der Waals surface area contributed by atoms with Gasteiger partial charge in [0, 0.05) is 13.1 Å². The molecule has 0 saturated carbocycles. The van der Waals surface area contributed by atoms with E-state index in [0.29, 0.717) is 26.3 Å². The van der Waals surface area contributed by atoms with E-state index in [1.165, 1.54) is 5.56 Å². The molecular formula is C19H28BNO5S. The molecule has 0 aromatic heterocycles. The van der Waals surface area contributed by atoms with Crippen LogP contribution in [-0.4, -0.2) is 62.8 Å². The van der Waals surface area contributed by atoms with Crippen molar-refractivity contribution in [2.75, 3.05) is 31.2 Å². The van der Waals surface area contributed by atoms with Crippen molar-refractivity contribution in [1.29, 1.82) is 0 Å². The lowest BCUT2D eigenvalue weighted by Gasteiger charge is -2.37. The van der Waals surface area contributed by atoms with Crippen LogP contribution in [0.15, 0.2) is 18.2 Å². The fourth-order valence-electron chi connectivity index (χ4n) is 3.91. The fraction of sp³-hybridized carbons (Fsp3) is 0.684. The third kappa shape index (κ3) is 3.58. The zero-order valence-electron chi connectivity index (χ0n) is 16.5. The summed E-state index contributed by atoms with van der Waals surface area (Å²) in [6.07, 6.45) is 0. The molecule has 8 heteroatoms. The predicted molar refractivity (Wildman–Crippen MR) is 105 cm³/mol. The molecule has 3 aliphatic heterocycles. The summed E-state index contributed by atoms with van der Waals surface area (Å²) in [5.74, 6) is 0.454. The molecule has 1 aromatic carbocycles. The monoisotopic (exact) mass is 393 g/mol. The van der Waals surface area contributed by atoms with Crippen LogP contribution in [-0.2, 0) is 30.5 Å². The average Bonchev–Trinajstić information content (AvgIpc) is 2.82. The van der Waals surface area contributed by atoms with Crippen LogP contribution >= 0.6 is 0 Å². The molecule has 0 radical (unpaired) electrons. The second-order valence-electron chi connectivity index (χ2n) is 8.77. The van der Waals surface area contributed by atoms with Crippen LogP contribution in [0.2, 0.25) is 0 Å². The number of sulfone groups is 1. The normalized spacial score (nSPS) is 29.5. The second kappa shape index (κ2) is 6.56. The SMILES string of the molecule is CC1(C)OB(c2ccc3c(c2)COCC3N2CCS(=O)(=O)CC2)OC1(C)C. The summed E-state index contributed by atoms with van der Waals surface area (Å²) in [4.78, 5) is 2.23. The summed E-state index contributed by atoms with van der Waals surface area (Å²) in [6, 6.07) is 6.42. The zero-order valence-corrected chi connectivity index (χ0v) is 17.3. The highest BCUT2D eigenvalue weighted by Crippen LogP contribution is 2.37. The predicted octanol–water partition coefficient (Wildman–Crippen LogP) is 1.29. The Morgan fingerprint density at radius 2 is 1.70 bits per heavy atom. The van der Waals surface area contributed by atoms with Crippen molar-refractivity contribution >= 4 is 22.4 Å². The Morgan fingerprint density at radius 3 is 2.33 bits per heavy atom. The first-order valence-corrected chi connectivity index (χ1v) is 11.4. The van der Waals surface area contributed by atoms with Crippen molar-refractivity contribution in [1.82, 2.24) is 4.90 Å². The molecule has 1 unspecified atom stereocenters. The number of hydrogen-bond donors (Lipinski definition) is 0. The summed E-state index contributed by atoms with van der Waals surface area (Å²) in [5.41, 5.74) is 2.61. The lowest BCUT2D eigenvalue weighted by molar-refractivity contribution is 0.00578. The smallest absolute Gasteiger partial charge is 0.399 e. The van der Waals surface area contributed by atoms with Gasteiger partial charge in [-0.1, -0.05) is 18.2 Å². The van der Waals surface area contributed by atoms with Crippen LogP contribution in [0.1, 0.15) is 44.9 Å². The summed E-state index contributed by atoms with van der Waals surface area (Å²) in [5, 5.41) is 0. The molecular weight excluding hydrogens is 365 g/mol. The van der Waals surface area contributed by atoms with E-state index in [1.54, 1.807) is 0 Å². The number of fused-ring (bicyclic) bond motifs is 1.